The van der Waals surface area contributed by atoms with Crippen LogP contribution < -0.4 is 14.9 Å². The van der Waals surface area contributed by atoms with Gasteiger partial charge in [-0.1, -0.05) is 0 Å². The van der Waals surface area contributed by atoms with Crippen LogP contribution in [0.3, 0.4) is 0 Å². The van der Waals surface area contributed by atoms with Crippen molar-refractivity contribution in [3.8, 4) is 0 Å². The van der Waals surface area contributed by atoms with E-state index < -0.39 is 10.2 Å². The first-order chi connectivity index (χ1) is 10.8. The van der Waals surface area contributed by atoms with Gasteiger partial charge >= 0.3 is 10.2 Å². The molecule has 0 aliphatic heterocycles. The van der Waals surface area contributed by atoms with Gasteiger partial charge in [-0.15, -0.1) is 10.2 Å². The van der Waals surface area contributed by atoms with Crippen LogP contribution in [0.5, 0.6) is 0 Å². The topological polar surface area (TPSA) is 90.5 Å². The third-order valence-corrected chi connectivity index (χ3v) is 4.46. The highest BCUT2D eigenvalue weighted by Crippen LogP contribution is 2.19. The van der Waals surface area contributed by atoms with Crippen molar-refractivity contribution < 1.29 is 8.42 Å². The summed E-state index contributed by atoms with van der Waals surface area (Å²) in [5.74, 6) is 0.683. The van der Waals surface area contributed by atoms with Gasteiger partial charge in [-0.2, -0.15) is 12.7 Å². The highest BCUT2D eigenvalue weighted by molar-refractivity contribution is 7.90. The van der Waals surface area contributed by atoms with Crippen LogP contribution in [0.1, 0.15) is 0 Å². The Balaban J connectivity index is 2.05. The molecule has 2 rings (SSSR count). The summed E-state index contributed by atoms with van der Waals surface area (Å²) in [6.07, 6.45) is 0. The molecule has 0 aliphatic rings. The van der Waals surface area contributed by atoms with E-state index in [1.807, 2.05) is 43.3 Å². The van der Waals surface area contributed by atoms with E-state index in [1.54, 1.807) is 12.1 Å². The molecule has 1 aromatic heterocycles. The Morgan fingerprint density at radius 1 is 0.870 bits per heavy atom. The van der Waals surface area contributed by atoms with Gasteiger partial charge in [0.25, 0.3) is 0 Å². The fourth-order valence-electron chi connectivity index (χ4n) is 1.67. The van der Waals surface area contributed by atoms with Gasteiger partial charge in [0.1, 0.15) is 0 Å². The number of nitrogens with one attached hydrogen (secondary N) is 2. The van der Waals surface area contributed by atoms with Gasteiger partial charge in [-0.3, -0.25) is 4.72 Å². The maximum absolute atomic E-state index is 11.7. The summed E-state index contributed by atoms with van der Waals surface area (Å²) in [6.45, 7) is 0. The predicted molar refractivity (Wildman–Crippen MR) is 92.3 cm³/mol. The summed E-state index contributed by atoms with van der Waals surface area (Å²) in [5.41, 5.74) is 1.96. The zero-order valence-corrected chi connectivity index (χ0v) is 14.3. The predicted octanol–water partition coefficient (Wildman–Crippen LogP) is 1.50. The standard InChI is InChI=1S/C14H20N6O2S/c1-19(2)12-7-5-11(6-8-12)15-13-9-10-14(17-16-13)18-23(21,22)20(3)4/h5-10H,1-4H3,(H,15,16)(H,17,18). The van der Waals surface area contributed by atoms with Gasteiger partial charge in [0.2, 0.25) is 0 Å². The van der Waals surface area contributed by atoms with Gasteiger partial charge in [-0.05, 0) is 36.4 Å². The summed E-state index contributed by atoms with van der Waals surface area (Å²) in [6, 6.07) is 11.0. The number of hydrogen-bond acceptors (Lipinski definition) is 6. The lowest BCUT2D eigenvalue weighted by Crippen LogP contribution is -2.29. The molecular formula is C14H20N6O2S. The summed E-state index contributed by atoms with van der Waals surface area (Å²) < 4.78 is 26.8. The first-order valence-electron chi connectivity index (χ1n) is 6.86. The van der Waals surface area contributed by atoms with E-state index >= 15 is 0 Å². The normalized spacial score (nSPS) is 11.3. The lowest BCUT2D eigenvalue weighted by atomic mass is 10.2. The van der Waals surface area contributed by atoms with Crippen LogP contribution in [-0.4, -0.2) is 51.1 Å². The van der Waals surface area contributed by atoms with Crippen molar-refractivity contribution in [3.63, 3.8) is 0 Å². The second-order valence-electron chi connectivity index (χ2n) is 5.26. The minimum Gasteiger partial charge on any atom is -0.378 e. The van der Waals surface area contributed by atoms with Gasteiger partial charge in [0.05, 0.1) is 0 Å². The molecule has 0 spiro atoms. The van der Waals surface area contributed by atoms with Gasteiger partial charge in [0.15, 0.2) is 11.6 Å². The fraction of sp³-hybridized carbons (Fsp3) is 0.286. The number of benzene rings is 1. The van der Waals surface area contributed by atoms with E-state index in [2.05, 4.69) is 20.2 Å². The van der Waals surface area contributed by atoms with E-state index in [1.165, 1.54) is 14.1 Å². The Labute approximate surface area is 136 Å². The SMILES string of the molecule is CN(C)c1ccc(Nc2ccc(NS(=O)(=O)N(C)C)nn2)cc1. The average molecular weight is 336 g/mol. The Morgan fingerprint density at radius 3 is 1.91 bits per heavy atom. The van der Waals surface area contributed by atoms with Gasteiger partial charge < -0.3 is 10.2 Å². The smallest absolute Gasteiger partial charge is 0.302 e. The molecule has 0 aliphatic carbocycles. The van der Waals surface area contributed by atoms with E-state index in [0.29, 0.717) is 5.82 Å². The molecule has 0 bridgehead atoms. The molecule has 23 heavy (non-hydrogen) atoms. The Kier molecular flexibility index (Phi) is 5.02. The molecule has 0 saturated heterocycles. The number of hydrogen-bond donors (Lipinski definition) is 2. The van der Waals surface area contributed by atoms with E-state index in [4.69, 9.17) is 0 Å². The number of aromatic nitrogens is 2. The molecule has 9 heteroatoms. The molecular weight excluding hydrogens is 316 g/mol. The van der Waals surface area contributed by atoms with E-state index in [9.17, 15) is 8.42 Å². The minimum atomic E-state index is -3.58. The molecule has 8 nitrogen and oxygen atoms in total. The van der Waals surface area contributed by atoms with Crippen molar-refractivity contribution in [2.24, 2.45) is 0 Å². The monoisotopic (exact) mass is 336 g/mol. The van der Waals surface area contributed by atoms with Gasteiger partial charge in [0, 0.05) is 39.6 Å². The maximum Gasteiger partial charge on any atom is 0.302 e. The highest BCUT2D eigenvalue weighted by Gasteiger charge is 2.13. The van der Waals surface area contributed by atoms with Crippen LogP contribution in [-0.2, 0) is 10.2 Å². The third-order valence-electron chi connectivity index (χ3n) is 3.03. The minimum absolute atomic E-state index is 0.159. The summed E-state index contributed by atoms with van der Waals surface area (Å²) in [5, 5.41) is 10.9. The average Bonchev–Trinajstić information content (AvgIpc) is 2.49. The van der Waals surface area contributed by atoms with Crippen LogP contribution in [0, 0.1) is 0 Å². The van der Waals surface area contributed by atoms with Crippen molar-refractivity contribution in [2.45, 2.75) is 0 Å². The highest BCUT2D eigenvalue weighted by atomic mass is 32.2. The Hall–Kier alpha value is -2.39. The lowest BCUT2D eigenvalue weighted by molar-refractivity contribution is 0.526. The Morgan fingerprint density at radius 2 is 1.43 bits per heavy atom. The number of rotatable bonds is 6. The molecule has 0 amide bonds. The van der Waals surface area contributed by atoms with E-state index in [-0.39, 0.29) is 5.82 Å². The van der Waals surface area contributed by atoms with Gasteiger partial charge in [-0.25, -0.2) is 0 Å². The zero-order valence-electron chi connectivity index (χ0n) is 13.5. The second kappa shape index (κ2) is 6.80. The molecule has 0 fully saturated rings. The maximum atomic E-state index is 11.7. The van der Waals surface area contributed by atoms with Crippen LogP contribution in [0.4, 0.5) is 23.0 Å². The zero-order chi connectivity index (χ0) is 17.0. The molecule has 0 saturated carbocycles. The quantitative estimate of drug-likeness (QED) is 0.831. The lowest BCUT2D eigenvalue weighted by Gasteiger charge is -2.13. The molecule has 0 unspecified atom stereocenters. The second-order valence-corrected chi connectivity index (χ2v) is 7.14. The molecule has 1 aromatic carbocycles. The van der Waals surface area contributed by atoms with Crippen LogP contribution in [0.25, 0.3) is 0 Å². The van der Waals surface area contributed by atoms with Crippen LogP contribution in [0.15, 0.2) is 36.4 Å². The summed E-state index contributed by atoms with van der Waals surface area (Å²) >= 11 is 0. The molecule has 0 atom stereocenters. The summed E-state index contributed by atoms with van der Waals surface area (Å²) in [4.78, 5) is 2.01. The molecule has 1 heterocycles. The molecule has 0 radical (unpaired) electrons. The Bertz CT molecular complexity index is 742. The van der Waals surface area contributed by atoms with Crippen molar-refractivity contribution in [1.82, 2.24) is 14.5 Å². The number of anilines is 4. The summed E-state index contributed by atoms with van der Waals surface area (Å²) in [7, 11) is 3.23. The van der Waals surface area contributed by atoms with Crippen molar-refractivity contribution in [1.29, 1.82) is 0 Å². The largest absolute Gasteiger partial charge is 0.378 e. The fourth-order valence-corrected chi connectivity index (χ4v) is 2.22. The van der Waals surface area contributed by atoms with Crippen LogP contribution in [0.2, 0.25) is 0 Å². The number of nitrogens with zero attached hydrogens (tertiary/aromatic N) is 4. The molecule has 124 valence electrons. The van der Waals surface area contributed by atoms with Crippen LogP contribution >= 0.6 is 0 Å². The molecule has 2 N–H and O–H groups in total. The van der Waals surface area contributed by atoms with Crippen molar-refractivity contribution >= 4 is 33.2 Å². The first kappa shape index (κ1) is 17.0. The third kappa shape index (κ3) is 4.54. The van der Waals surface area contributed by atoms with E-state index in [0.717, 1.165) is 15.7 Å². The molecule has 2 aromatic rings. The van der Waals surface area contributed by atoms with Crippen molar-refractivity contribution in [2.75, 3.05) is 43.1 Å². The van der Waals surface area contributed by atoms with Crippen molar-refractivity contribution in [3.05, 3.63) is 36.4 Å². The first-order valence-corrected chi connectivity index (χ1v) is 8.30.